The number of para-hydroxylation sites is 1. The first-order valence-electron chi connectivity index (χ1n) is 6.87. The van der Waals surface area contributed by atoms with E-state index in [9.17, 15) is 4.79 Å². The fourth-order valence-electron chi connectivity index (χ4n) is 2.55. The highest BCUT2D eigenvalue weighted by Gasteiger charge is 2.35. The molecule has 1 fully saturated rings. The molecular formula is C15H17N3O2. The maximum atomic E-state index is 12.2. The zero-order chi connectivity index (χ0) is 14.1. The van der Waals surface area contributed by atoms with Crippen LogP contribution >= 0.6 is 0 Å². The van der Waals surface area contributed by atoms with Gasteiger partial charge in [-0.05, 0) is 18.6 Å². The first-order chi connectivity index (χ1) is 9.69. The van der Waals surface area contributed by atoms with Crippen molar-refractivity contribution in [1.82, 2.24) is 10.1 Å². The van der Waals surface area contributed by atoms with Gasteiger partial charge in [-0.3, -0.25) is 4.79 Å². The Morgan fingerprint density at radius 2 is 2.20 bits per heavy atom. The molecule has 0 radical (unpaired) electrons. The predicted octanol–water partition coefficient (Wildman–Crippen LogP) is 2.46. The molecule has 0 N–H and O–H groups in total. The molecule has 1 aliphatic heterocycles. The lowest BCUT2D eigenvalue weighted by Gasteiger charge is -2.18. The Morgan fingerprint density at radius 1 is 1.40 bits per heavy atom. The Labute approximate surface area is 117 Å². The number of aryl methyl sites for hydroxylation is 2. The van der Waals surface area contributed by atoms with Crippen LogP contribution in [-0.2, 0) is 11.2 Å². The van der Waals surface area contributed by atoms with Crippen LogP contribution in [0, 0.1) is 6.92 Å². The van der Waals surface area contributed by atoms with Gasteiger partial charge in [0.05, 0.1) is 5.92 Å². The van der Waals surface area contributed by atoms with Crippen molar-refractivity contribution in [3.8, 4) is 0 Å². The number of nitrogens with zero attached hydrogens (tertiary/aromatic N) is 3. The molecule has 5 heteroatoms. The second-order valence-electron chi connectivity index (χ2n) is 5.09. The second kappa shape index (κ2) is 5.07. The quantitative estimate of drug-likeness (QED) is 0.860. The van der Waals surface area contributed by atoms with Crippen LogP contribution in [0.1, 0.15) is 36.5 Å². The highest BCUT2D eigenvalue weighted by molar-refractivity contribution is 5.97. The molecule has 2 heterocycles. The van der Waals surface area contributed by atoms with Crippen molar-refractivity contribution in [3.63, 3.8) is 0 Å². The van der Waals surface area contributed by atoms with Gasteiger partial charge in [-0.25, -0.2) is 0 Å². The van der Waals surface area contributed by atoms with Crippen molar-refractivity contribution in [1.29, 1.82) is 0 Å². The topological polar surface area (TPSA) is 59.2 Å². The van der Waals surface area contributed by atoms with Crippen molar-refractivity contribution >= 4 is 11.6 Å². The molecular weight excluding hydrogens is 254 g/mol. The highest BCUT2D eigenvalue weighted by atomic mass is 16.5. The highest BCUT2D eigenvalue weighted by Crippen LogP contribution is 2.32. The van der Waals surface area contributed by atoms with E-state index in [1.807, 2.05) is 43.0 Å². The van der Waals surface area contributed by atoms with E-state index in [1.165, 1.54) is 0 Å². The average Bonchev–Trinajstić information content (AvgIpc) is 3.06. The van der Waals surface area contributed by atoms with Crippen LogP contribution in [0.2, 0.25) is 0 Å². The maximum Gasteiger partial charge on any atom is 0.232 e. The fraction of sp³-hybridized carbons (Fsp3) is 0.400. The molecule has 0 aliphatic carbocycles. The molecule has 1 aliphatic rings. The number of hydrogen-bond donors (Lipinski definition) is 0. The van der Waals surface area contributed by atoms with E-state index in [4.69, 9.17) is 4.52 Å². The molecule has 2 aromatic rings. The summed E-state index contributed by atoms with van der Waals surface area (Å²) in [5.74, 6) is 1.38. The smallest absolute Gasteiger partial charge is 0.232 e. The molecule has 1 aromatic heterocycles. The lowest BCUT2D eigenvalue weighted by atomic mass is 10.1. The molecule has 1 amide bonds. The van der Waals surface area contributed by atoms with Crippen LogP contribution in [0.25, 0.3) is 0 Å². The summed E-state index contributed by atoms with van der Waals surface area (Å²) in [6.45, 7) is 4.60. The Hall–Kier alpha value is -2.17. The lowest BCUT2D eigenvalue weighted by molar-refractivity contribution is -0.117. The molecule has 0 saturated carbocycles. The summed E-state index contributed by atoms with van der Waals surface area (Å²) >= 11 is 0. The zero-order valence-electron chi connectivity index (χ0n) is 11.7. The number of carbonyl (C=O) groups is 1. The van der Waals surface area contributed by atoms with E-state index in [-0.39, 0.29) is 11.8 Å². The van der Waals surface area contributed by atoms with Crippen molar-refractivity contribution in [2.75, 3.05) is 11.4 Å². The molecule has 3 rings (SSSR count). The van der Waals surface area contributed by atoms with E-state index < -0.39 is 0 Å². The number of aromatic nitrogens is 2. The van der Waals surface area contributed by atoms with Gasteiger partial charge < -0.3 is 9.42 Å². The number of benzene rings is 1. The lowest BCUT2D eigenvalue weighted by Crippen LogP contribution is -2.25. The first-order valence-corrected chi connectivity index (χ1v) is 6.87. The normalized spacial score (nSPS) is 18.8. The van der Waals surface area contributed by atoms with Gasteiger partial charge in [0.25, 0.3) is 0 Å². The minimum atomic E-state index is -0.00472. The second-order valence-corrected chi connectivity index (χ2v) is 5.09. The number of amides is 1. The molecule has 1 atom stereocenters. The molecule has 1 unspecified atom stereocenters. The molecule has 104 valence electrons. The van der Waals surface area contributed by atoms with Crippen LogP contribution < -0.4 is 4.90 Å². The first kappa shape index (κ1) is 12.8. The Balaban J connectivity index is 1.83. The summed E-state index contributed by atoms with van der Waals surface area (Å²) in [4.78, 5) is 18.4. The summed E-state index contributed by atoms with van der Waals surface area (Å²) < 4.78 is 5.26. The van der Waals surface area contributed by atoms with Crippen molar-refractivity contribution in [2.45, 2.75) is 32.6 Å². The molecule has 0 bridgehead atoms. The van der Waals surface area contributed by atoms with Gasteiger partial charge in [-0.2, -0.15) is 4.98 Å². The molecule has 1 saturated heterocycles. The van der Waals surface area contributed by atoms with Crippen LogP contribution in [0.4, 0.5) is 5.69 Å². The summed E-state index contributed by atoms with van der Waals surface area (Å²) in [6.07, 6.45) is 1.17. The van der Waals surface area contributed by atoms with Crippen LogP contribution in [0.15, 0.2) is 28.8 Å². The third kappa shape index (κ3) is 2.19. The van der Waals surface area contributed by atoms with Gasteiger partial charge >= 0.3 is 0 Å². The SMILES string of the molecule is CCc1noc(C2CC(=O)N(c3ccccc3C)C2)n1. The predicted molar refractivity (Wildman–Crippen MR) is 74.6 cm³/mol. The number of anilines is 1. The maximum absolute atomic E-state index is 12.2. The number of carbonyl (C=O) groups excluding carboxylic acids is 1. The summed E-state index contributed by atoms with van der Waals surface area (Å²) in [5.41, 5.74) is 2.07. The number of rotatable bonds is 3. The molecule has 20 heavy (non-hydrogen) atoms. The monoisotopic (exact) mass is 271 g/mol. The van der Waals surface area contributed by atoms with Crippen LogP contribution in [-0.4, -0.2) is 22.6 Å². The third-order valence-corrected chi connectivity index (χ3v) is 3.68. The average molecular weight is 271 g/mol. The van der Waals surface area contributed by atoms with Gasteiger partial charge in [0.2, 0.25) is 11.8 Å². The summed E-state index contributed by atoms with van der Waals surface area (Å²) in [5, 5.41) is 3.90. The van der Waals surface area contributed by atoms with E-state index >= 15 is 0 Å². The third-order valence-electron chi connectivity index (χ3n) is 3.68. The van der Waals surface area contributed by atoms with Crippen LogP contribution in [0.5, 0.6) is 0 Å². The fourth-order valence-corrected chi connectivity index (χ4v) is 2.55. The van der Waals surface area contributed by atoms with Crippen molar-refractivity contribution in [2.24, 2.45) is 0 Å². The standard InChI is InChI=1S/C15H17N3O2/c1-3-13-16-15(20-17-13)11-8-14(19)18(9-11)12-7-5-4-6-10(12)2/h4-7,11H,3,8-9H2,1-2H3. The Bertz CT molecular complexity index is 636. The van der Waals surface area contributed by atoms with E-state index in [0.717, 1.165) is 17.7 Å². The van der Waals surface area contributed by atoms with E-state index in [2.05, 4.69) is 10.1 Å². The van der Waals surface area contributed by atoms with Gasteiger partial charge in [0.15, 0.2) is 5.82 Å². The minimum Gasteiger partial charge on any atom is -0.339 e. The number of hydrogen-bond acceptors (Lipinski definition) is 4. The summed E-state index contributed by atoms with van der Waals surface area (Å²) in [6, 6.07) is 7.91. The van der Waals surface area contributed by atoms with Gasteiger partial charge in [0.1, 0.15) is 0 Å². The summed E-state index contributed by atoms with van der Waals surface area (Å²) in [7, 11) is 0. The van der Waals surface area contributed by atoms with E-state index in [1.54, 1.807) is 0 Å². The zero-order valence-corrected chi connectivity index (χ0v) is 11.7. The molecule has 0 spiro atoms. The Morgan fingerprint density at radius 3 is 2.90 bits per heavy atom. The van der Waals surface area contributed by atoms with Crippen LogP contribution in [0.3, 0.4) is 0 Å². The van der Waals surface area contributed by atoms with Gasteiger partial charge in [-0.1, -0.05) is 30.3 Å². The molecule has 5 nitrogen and oxygen atoms in total. The van der Waals surface area contributed by atoms with Gasteiger partial charge in [0, 0.05) is 25.1 Å². The van der Waals surface area contributed by atoms with Crippen molar-refractivity contribution < 1.29 is 9.32 Å². The molecule has 1 aromatic carbocycles. The largest absolute Gasteiger partial charge is 0.339 e. The minimum absolute atomic E-state index is 0.00472. The van der Waals surface area contributed by atoms with E-state index in [0.29, 0.717) is 24.7 Å². The van der Waals surface area contributed by atoms with Crippen molar-refractivity contribution in [3.05, 3.63) is 41.5 Å². The Kier molecular flexibility index (Phi) is 3.26. The van der Waals surface area contributed by atoms with Gasteiger partial charge in [-0.15, -0.1) is 0 Å².